The quantitative estimate of drug-likeness (QED) is 0.0752. The molecule has 37 heavy (non-hydrogen) atoms. The molecule has 6 rings (SSSR count). The second-order valence-electron chi connectivity index (χ2n) is 8.19. The van der Waals surface area contributed by atoms with Gasteiger partial charge < -0.3 is 15.4 Å². The second-order valence-corrected chi connectivity index (χ2v) is 8.19. The Hall–Kier alpha value is -3.46. The average molecular weight is 684 g/mol. The summed E-state index contributed by atoms with van der Waals surface area (Å²) in [4.78, 5) is 18.9. The molecule has 1 N–H and O–H groups in total. The van der Waals surface area contributed by atoms with Gasteiger partial charge in [-0.05, 0) is 11.4 Å². The summed E-state index contributed by atoms with van der Waals surface area (Å²) >= 11 is 0. The van der Waals surface area contributed by atoms with Gasteiger partial charge in [-0.25, -0.2) is 17.6 Å². The minimum Gasteiger partial charge on any atom is -0.650 e. The third kappa shape index (κ3) is 4.80. The topological polar surface area (TPSA) is 77.2 Å². The van der Waals surface area contributed by atoms with Crippen molar-refractivity contribution in [2.75, 3.05) is 6.54 Å². The van der Waals surface area contributed by atoms with Crippen molar-refractivity contribution in [1.29, 1.82) is 0 Å². The summed E-state index contributed by atoms with van der Waals surface area (Å²) in [6, 6.07) is 16.1. The van der Waals surface area contributed by atoms with Crippen molar-refractivity contribution in [3.05, 3.63) is 89.4 Å². The van der Waals surface area contributed by atoms with Crippen LogP contribution in [0.1, 0.15) is 12.8 Å². The van der Waals surface area contributed by atoms with Crippen molar-refractivity contribution in [2.45, 2.75) is 18.9 Å². The second kappa shape index (κ2) is 10.9. The average Bonchev–Trinajstić information content (AvgIpc) is 3.46. The van der Waals surface area contributed by atoms with Gasteiger partial charge in [-0.3, -0.25) is 9.78 Å². The first-order valence-corrected chi connectivity index (χ1v) is 11.1. The van der Waals surface area contributed by atoms with Crippen LogP contribution in [0.2, 0.25) is 0 Å². The van der Waals surface area contributed by atoms with Crippen LogP contribution in [0.4, 0.5) is 17.6 Å². The smallest absolute Gasteiger partial charge is 0.285 e. The predicted octanol–water partition coefficient (Wildman–Crippen LogP) is 6.56. The van der Waals surface area contributed by atoms with Crippen LogP contribution in [0.15, 0.2) is 54.7 Å². The van der Waals surface area contributed by atoms with E-state index in [4.69, 9.17) is 5.11 Å². The van der Waals surface area contributed by atoms with Gasteiger partial charge >= 0.3 is 0 Å². The van der Waals surface area contributed by atoms with Gasteiger partial charge in [0.1, 0.15) is 0 Å². The number of carbonyl (C=O) groups is 1. The van der Waals surface area contributed by atoms with Crippen LogP contribution in [0.5, 0.6) is 0 Å². The Balaban J connectivity index is 0.000000307. The normalized spacial score (nSPS) is 14.9. The van der Waals surface area contributed by atoms with E-state index in [1.165, 1.54) is 12.3 Å². The Morgan fingerprint density at radius 1 is 0.946 bits per heavy atom. The van der Waals surface area contributed by atoms with Crippen LogP contribution in [0.3, 0.4) is 0 Å². The fourth-order valence-electron chi connectivity index (χ4n) is 4.27. The van der Waals surface area contributed by atoms with Gasteiger partial charge in [0.05, 0.1) is 11.2 Å². The van der Waals surface area contributed by atoms with E-state index in [0.29, 0.717) is 16.6 Å². The summed E-state index contributed by atoms with van der Waals surface area (Å²) in [5.41, 5.74) is 1.27. The van der Waals surface area contributed by atoms with Crippen LogP contribution in [-0.4, -0.2) is 33.6 Å². The Morgan fingerprint density at radius 3 is 2.27 bits per heavy atom. The minimum absolute atomic E-state index is 0. The summed E-state index contributed by atoms with van der Waals surface area (Å²) in [5, 5.41) is 11.9. The van der Waals surface area contributed by atoms with Crippen molar-refractivity contribution in [1.82, 2.24) is 9.97 Å². The molecule has 1 atom stereocenters. The summed E-state index contributed by atoms with van der Waals surface area (Å²) in [6.45, 7) is 0.733. The summed E-state index contributed by atoms with van der Waals surface area (Å²) in [5.74, 6) is -7.47. The van der Waals surface area contributed by atoms with E-state index in [1.807, 2.05) is 6.07 Å². The van der Waals surface area contributed by atoms with E-state index in [9.17, 15) is 22.4 Å². The van der Waals surface area contributed by atoms with Gasteiger partial charge in [-0.15, -0.1) is 36.2 Å². The predicted molar refractivity (Wildman–Crippen MR) is 128 cm³/mol. The Bertz CT molecular complexity index is 1630. The molecule has 0 spiro atoms. The number of halogens is 4. The Morgan fingerprint density at radius 2 is 1.65 bits per heavy atom. The van der Waals surface area contributed by atoms with Crippen molar-refractivity contribution in [3.8, 4) is 11.3 Å². The number of carboxylic acids is 1. The van der Waals surface area contributed by atoms with Crippen LogP contribution < -0.4 is 0 Å². The maximum Gasteiger partial charge on any atom is 0.285 e. The first kappa shape index (κ1) is 26.6. The molecule has 5 nitrogen and oxygen atoms in total. The maximum absolute atomic E-state index is 14.8. The number of carboxylic acid groups (broad SMARTS) is 1. The van der Waals surface area contributed by atoms with Gasteiger partial charge in [0.2, 0.25) is 0 Å². The number of hydrogen-bond donors (Lipinski definition) is 1. The number of aliphatic carboxylic acids is 1. The molecule has 1 saturated heterocycles. The SMILES string of the molecule is Fc1c(F)c(F)c2c3nc(-c4ccccc4)cnc3c3[c-]cccc3c2c1F.O=C(O)C1CCC[N-]1.[Ir]. The molecule has 0 saturated carbocycles. The van der Waals surface area contributed by atoms with Gasteiger partial charge in [-0.1, -0.05) is 48.6 Å². The van der Waals surface area contributed by atoms with E-state index >= 15 is 0 Å². The van der Waals surface area contributed by atoms with Gasteiger partial charge in [0.15, 0.2) is 23.3 Å². The molecule has 0 aliphatic carbocycles. The number of nitrogens with zero attached hydrogens (tertiary/aromatic N) is 3. The van der Waals surface area contributed by atoms with E-state index < -0.39 is 40.7 Å². The molecular weight excluding hydrogens is 667 g/mol. The van der Waals surface area contributed by atoms with Gasteiger partial charge in [0.25, 0.3) is 5.97 Å². The fourth-order valence-corrected chi connectivity index (χ4v) is 4.27. The van der Waals surface area contributed by atoms with Crippen molar-refractivity contribution < 1.29 is 47.6 Å². The van der Waals surface area contributed by atoms with Crippen LogP contribution in [-0.2, 0) is 24.9 Å². The van der Waals surface area contributed by atoms with Gasteiger partial charge in [0, 0.05) is 42.8 Å². The molecule has 0 amide bonds. The molecule has 1 aliphatic rings. The Labute approximate surface area is 221 Å². The third-order valence-electron chi connectivity index (χ3n) is 5.98. The molecule has 1 radical (unpaired) electrons. The Kier molecular flexibility index (Phi) is 7.82. The van der Waals surface area contributed by atoms with E-state index in [-0.39, 0.29) is 41.9 Å². The first-order chi connectivity index (χ1) is 17.4. The van der Waals surface area contributed by atoms with E-state index in [2.05, 4.69) is 21.4 Å². The zero-order chi connectivity index (χ0) is 25.4. The molecule has 0 bridgehead atoms. The van der Waals surface area contributed by atoms with Crippen LogP contribution in [0, 0.1) is 29.3 Å². The molecule has 191 valence electrons. The fraction of sp³-hybridized carbons (Fsp3) is 0.148. The summed E-state index contributed by atoms with van der Waals surface area (Å²) in [7, 11) is 0. The van der Waals surface area contributed by atoms with E-state index in [0.717, 1.165) is 19.4 Å². The molecule has 4 aromatic carbocycles. The zero-order valence-corrected chi connectivity index (χ0v) is 21.3. The number of fused-ring (bicyclic) bond motifs is 6. The molecular formula is C27H17F4IrN3O2-2. The molecule has 5 aromatic rings. The first-order valence-electron chi connectivity index (χ1n) is 11.1. The number of benzene rings is 4. The van der Waals surface area contributed by atoms with Gasteiger partial charge in [-0.2, -0.15) is 0 Å². The molecule has 1 fully saturated rings. The van der Waals surface area contributed by atoms with E-state index in [1.54, 1.807) is 36.4 Å². The minimum atomic E-state index is -1.88. The van der Waals surface area contributed by atoms with Crippen molar-refractivity contribution in [2.24, 2.45) is 0 Å². The van der Waals surface area contributed by atoms with Crippen LogP contribution in [0.25, 0.3) is 49.2 Å². The number of aromatic nitrogens is 2. The molecule has 1 unspecified atom stereocenters. The monoisotopic (exact) mass is 684 g/mol. The molecule has 2 heterocycles. The summed E-state index contributed by atoms with van der Waals surface area (Å²) in [6.07, 6.45) is 3.17. The molecule has 10 heteroatoms. The maximum atomic E-state index is 14.8. The summed E-state index contributed by atoms with van der Waals surface area (Å²) < 4.78 is 57.4. The largest absolute Gasteiger partial charge is 0.650 e. The molecule has 1 aromatic heterocycles. The molecule has 1 aliphatic heterocycles. The van der Waals surface area contributed by atoms with Crippen molar-refractivity contribution in [3.63, 3.8) is 0 Å². The van der Waals surface area contributed by atoms with Crippen LogP contribution >= 0.6 is 0 Å². The van der Waals surface area contributed by atoms with Crippen molar-refractivity contribution >= 4 is 38.5 Å². The zero-order valence-electron chi connectivity index (χ0n) is 18.9. The standard InChI is InChI=1S/C22H9F4N2.C5H8NO2.Ir/c23-17-15-12-8-4-5-9-13(12)21-22(16(15)18(24)20(26)19(17)25)28-14(10-27-21)11-6-2-1-3-7-11;7-5(8)4-2-1-3-6-4;/h1-8,10H;4H,1-3H2,(H,7,8);/q2*-1;. The number of hydrogen-bond acceptors (Lipinski definition) is 3. The third-order valence-corrected chi connectivity index (χ3v) is 5.98. The number of rotatable bonds is 2.